The maximum Gasteiger partial charge on any atom is 0.229 e. The third-order valence-electron chi connectivity index (χ3n) is 1.39. The number of furan rings is 1. The van der Waals surface area contributed by atoms with Gasteiger partial charge in [0.2, 0.25) is 5.88 Å². The van der Waals surface area contributed by atoms with Crippen molar-refractivity contribution in [1.29, 1.82) is 0 Å². The standard InChI is InChI=1S/C7H6N2O/c1-5-6-2-3-10-7(6)9-4-8-5/h2-4H,1H2,(H,8,9). The van der Waals surface area contributed by atoms with Gasteiger partial charge in [-0.2, -0.15) is 0 Å². The summed E-state index contributed by atoms with van der Waals surface area (Å²) in [6.07, 6.45) is 3.16. The molecule has 0 aromatic carbocycles. The van der Waals surface area contributed by atoms with Crippen molar-refractivity contribution < 1.29 is 4.42 Å². The molecule has 1 aromatic rings. The normalized spacial score (nSPS) is 14.6. The maximum atomic E-state index is 5.03. The van der Waals surface area contributed by atoms with Gasteiger partial charge in [0.25, 0.3) is 0 Å². The lowest BCUT2D eigenvalue weighted by Crippen LogP contribution is -2.10. The summed E-state index contributed by atoms with van der Waals surface area (Å²) in [4.78, 5) is 3.94. The quantitative estimate of drug-likeness (QED) is 0.584. The van der Waals surface area contributed by atoms with Crippen molar-refractivity contribution in [3.63, 3.8) is 0 Å². The van der Waals surface area contributed by atoms with Gasteiger partial charge in [-0.05, 0) is 6.07 Å². The van der Waals surface area contributed by atoms with Crippen molar-refractivity contribution in [3.8, 4) is 0 Å². The van der Waals surface area contributed by atoms with E-state index in [-0.39, 0.29) is 0 Å². The van der Waals surface area contributed by atoms with Gasteiger partial charge >= 0.3 is 0 Å². The summed E-state index contributed by atoms with van der Waals surface area (Å²) in [5.41, 5.74) is 1.77. The van der Waals surface area contributed by atoms with E-state index in [1.165, 1.54) is 0 Å². The van der Waals surface area contributed by atoms with Crippen molar-refractivity contribution in [3.05, 3.63) is 24.5 Å². The van der Waals surface area contributed by atoms with E-state index in [2.05, 4.69) is 16.9 Å². The second-order valence-corrected chi connectivity index (χ2v) is 2.02. The minimum Gasteiger partial charge on any atom is -0.446 e. The third kappa shape index (κ3) is 0.572. The number of fused-ring (bicyclic) bond motifs is 1. The molecule has 0 radical (unpaired) electrons. The molecule has 0 amide bonds. The molecule has 1 N–H and O–H groups in total. The molecular weight excluding hydrogens is 128 g/mol. The predicted molar refractivity (Wildman–Crippen MR) is 39.0 cm³/mol. The van der Waals surface area contributed by atoms with Crippen LogP contribution in [-0.2, 0) is 0 Å². The van der Waals surface area contributed by atoms with Gasteiger partial charge in [-0.25, -0.2) is 4.99 Å². The van der Waals surface area contributed by atoms with Gasteiger partial charge in [0.1, 0.15) is 0 Å². The van der Waals surface area contributed by atoms with Gasteiger partial charge in [0.15, 0.2) is 0 Å². The lowest BCUT2D eigenvalue weighted by atomic mass is 10.2. The molecule has 2 rings (SSSR count). The van der Waals surface area contributed by atoms with Gasteiger partial charge in [-0.15, -0.1) is 0 Å². The van der Waals surface area contributed by atoms with E-state index in [1.807, 2.05) is 6.07 Å². The minimum absolute atomic E-state index is 0.628. The Kier molecular flexibility index (Phi) is 0.917. The van der Waals surface area contributed by atoms with Crippen LogP contribution in [0.25, 0.3) is 5.70 Å². The number of nitrogens with zero attached hydrogens (tertiary/aromatic N) is 1. The van der Waals surface area contributed by atoms with Crippen LogP contribution in [0.4, 0.5) is 5.88 Å². The molecule has 0 saturated heterocycles. The Morgan fingerprint density at radius 2 is 2.50 bits per heavy atom. The minimum atomic E-state index is 0.628. The average Bonchev–Trinajstić information content (AvgIpc) is 2.36. The highest BCUT2D eigenvalue weighted by Gasteiger charge is 2.10. The molecule has 0 spiro atoms. The molecule has 3 heteroatoms. The van der Waals surface area contributed by atoms with Crippen LogP contribution in [-0.4, -0.2) is 6.34 Å². The molecule has 1 aliphatic heterocycles. The van der Waals surface area contributed by atoms with Crippen molar-refractivity contribution >= 4 is 17.9 Å². The van der Waals surface area contributed by atoms with E-state index >= 15 is 0 Å². The smallest absolute Gasteiger partial charge is 0.229 e. The summed E-state index contributed by atoms with van der Waals surface area (Å²) in [6, 6.07) is 1.83. The maximum absolute atomic E-state index is 5.03. The molecule has 0 atom stereocenters. The molecule has 3 nitrogen and oxygen atoms in total. The van der Waals surface area contributed by atoms with Crippen LogP contribution in [0, 0.1) is 0 Å². The summed E-state index contributed by atoms with van der Waals surface area (Å²) in [6.45, 7) is 3.77. The van der Waals surface area contributed by atoms with Crippen molar-refractivity contribution in [2.45, 2.75) is 0 Å². The molecule has 0 fully saturated rings. The van der Waals surface area contributed by atoms with E-state index in [0.717, 1.165) is 11.3 Å². The number of aliphatic imine (C=N–C) groups is 1. The van der Waals surface area contributed by atoms with Crippen molar-refractivity contribution in [2.24, 2.45) is 4.99 Å². The van der Waals surface area contributed by atoms with E-state index in [4.69, 9.17) is 4.42 Å². The molecular formula is C7H6N2O. The van der Waals surface area contributed by atoms with Gasteiger partial charge in [-0.3, -0.25) is 0 Å². The lowest BCUT2D eigenvalue weighted by molar-refractivity contribution is 0.576. The van der Waals surface area contributed by atoms with E-state index in [9.17, 15) is 0 Å². The second kappa shape index (κ2) is 1.73. The summed E-state index contributed by atoms with van der Waals surface area (Å²) in [7, 11) is 0. The molecule has 0 bridgehead atoms. The Morgan fingerprint density at radius 1 is 1.60 bits per heavy atom. The highest BCUT2D eigenvalue weighted by atomic mass is 16.3. The molecule has 1 aromatic heterocycles. The first-order chi connectivity index (χ1) is 4.88. The van der Waals surface area contributed by atoms with Crippen molar-refractivity contribution in [1.82, 2.24) is 5.32 Å². The Bertz CT molecular complexity index is 298. The van der Waals surface area contributed by atoms with E-state index in [0.29, 0.717) is 5.88 Å². The number of nitrogens with one attached hydrogen (secondary N) is 1. The second-order valence-electron chi connectivity index (χ2n) is 2.02. The van der Waals surface area contributed by atoms with E-state index < -0.39 is 0 Å². The zero-order chi connectivity index (χ0) is 6.97. The topological polar surface area (TPSA) is 37.5 Å². The molecule has 0 aliphatic carbocycles. The summed E-state index contributed by atoms with van der Waals surface area (Å²) in [5.74, 6) is 0.628. The van der Waals surface area contributed by atoms with E-state index in [1.54, 1.807) is 12.6 Å². The third-order valence-corrected chi connectivity index (χ3v) is 1.39. The van der Waals surface area contributed by atoms with Crippen LogP contribution in [0.15, 0.2) is 28.3 Å². The number of rotatable bonds is 0. The zero-order valence-corrected chi connectivity index (χ0v) is 5.29. The van der Waals surface area contributed by atoms with Crippen LogP contribution < -0.4 is 5.32 Å². The molecule has 10 heavy (non-hydrogen) atoms. The highest BCUT2D eigenvalue weighted by Crippen LogP contribution is 2.26. The summed E-state index contributed by atoms with van der Waals surface area (Å²) < 4.78 is 5.03. The Labute approximate surface area is 58.1 Å². The number of hydrogen-bond acceptors (Lipinski definition) is 3. The fourth-order valence-electron chi connectivity index (χ4n) is 0.877. The SMILES string of the molecule is C=C1NC=Nc2occc21. The summed E-state index contributed by atoms with van der Waals surface area (Å²) in [5, 5.41) is 2.88. The van der Waals surface area contributed by atoms with Gasteiger partial charge in [0.05, 0.1) is 18.2 Å². The predicted octanol–water partition coefficient (Wildman–Crippen LogP) is 1.51. The number of hydrogen-bond donors (Lipinski definition) is 1. The molecule has 1 aliphatic rings. The van der Waals surface area contributed by atoms with Crippen molar-refractivity contribution in [2.75, 3.05) is 0 Å². The molecule has 0 saturated carbocycles. The summed E-state index contributed by atoms with van der Waals surface area (Å²) >= 11 is 0. The van der Waals surface area contributed by atoms with Crippen LogP contribution in [0.3, 0.4) is 0 Å². The fourth-order valence-corrected chi connectivity index (χ4v) is 0.877. The average molecular weight is 134 g/mol. The van der Waals surface area contributed by atoms with Crippen LogP contribution >= 0.6 is 0 Å². The Balaban J connectivity index is 2.62. The largest absolute Gasteiger partial charge is 0.446 e. The van der Waals surface area contributed by atoms with Crippen LogP contribution in [0.2, 0.25) is 0 Å². The first-order valence-electron chi connectivity index (χ1n) is 2.94. The van der Waals surface area contributed by atoms with Crippen LogP contribution in [0.5, 0.6) is 0 Å². The van der Waals surface area contributed by atoms with Crippen LogP contribution in [0.1, 0.15) is 5.56 Å². The zero-order valence-electron chi connectivity index (χ0n) is 5.29. The lowest BCUT2D eigenvalue weighted by Gasteiger charge is -2.06. The van der Waals surface area contributed by atoms with Gasteiger partial charge < -0.3 is 9.73 Å². The first-order valence-corrected chi connectivity index (χ1v) is 2.94. The highest BCUT2D eigenvalue weighted by molar-refractivity contribution is 5.83. The molecule has 50 valence electrons. The Hall–Kier alpha value is -1.51. The molecule has 2 heterocycles. The van der Waals surface area contributed by atoms with Gasteiger partial charge in [0, 0.05) is 5.70 Å². The first kappa shape index (κ1) is 5.29. The fraction of sp³-hybridized carbons (Fsp3) is 0. The van der Waals surface area contributed by atoms with Gasteiger partial charge in [-0.1, -0.05) is 6.58 Å². The Morgan fingerprint density at radius 3 is 3.30 bits per heavy atom. The molecule has 0 unspecified atom stereocenters. The monoisotopic (exact) mass is 134 g/mol.